The number of ether oxygens (including phenoxy) is 1. The minimum absolute atomic E-state index is 0.206. The summed E-state index contributed by atoms with van der Waals surface area (Å²) >= 11 is 1.04. The molecule has 1 aliphatic rings. The summed E-state index contributed by atoms with van der Waals surface area (Å²) in [5, 5.41) is 12.0. The van der Waals surface area contributed by atoms with Crippen LogP contribution in [0.25, 0.3) is 0 Å². The molecule has 5 nitrogen and oxygen atoms in total. The maximum absolute atomic E-state index is 11.9. The number of nitrogens with one attached hydrogen (secondary N) is 1. The normalized spacial score (nSPS) is 23.6. The van der Waals surface area contributed by atoms with Crippen molar-refractivity contribution in [3.63, 3.8) is 0 Å². The van der Waals surface area contributed by atoms with Gasteiger partial charge in [-0.25, -0.2) is 4.79 Å². The Labute approximate surface area is 102 Å². The SMILES string of the molecule is CC1(C(=O)Nc2ccc(C(=O)O)s2)CCCO1. The van der Waals surface area contributed by atoms with Crippen molar-refractivity contribution in [1.29, 1.82) is 0 Å². The Hall–Kier alpha value is -1.40. The molecule has 1 unspecified atom stereocenters. The minimum atomic E-state index is -0.987. The van der Waals surface area contributed by atoms with Crippen LogP contribution in [-0.2, 0) is 9.53 Å². The summed E-state index contributed by atoms with van der Waals surface area (Å²) in [6, 6.07) is 3.06. The van der Waals surface area contributed by atoms with Gasteiger partial charge in [-0.15, -0.1) is 11.3 Å². The quantitative estimate of drug-likeness (QED) is 0.865. The number of rotatable bonds is 3. The average molecular weight is 255 g/mol. The molecule has 0 bridgehead atoms. The number of carboxylic acids is 1. The second-order valence-corrected chi connectivity index (χ2v) is 5.19. The first-order valence-electron chi connectivity index (χ1n) is 5.30. The van der Waals surface area contributed by atoms with E-state index >= 15 is 0 Å². The van der Waals surface area contributed by atoms with Crippen molar-refractivity contribution < 1.29 is 19.4 Å². The molecule has 2 heterocycles. The molecule has 1 fully saturated rings. The monoisotopic (exact) mass is 255 g/mol. The first-order valence-corrected chi connectivity index (χ1v) is 6.11. The summed E-state index contributed by atoms with van der Waals surface area (Å²) in [6.07, 6.45) is 1.56. The summed E-state index contributed by atoms with van der Waals surface area (Å²) in [5.74, 6) is -1.20. The largest absolute Gasteiger partial charge is 0.477 e. The van der Waals surface area contributed by atoms with Gasteiger partial charge in [-0.05, 0) is 31.9 Å². The van der Waals surface area contributed by atoms with Gasteiger partial charge in [0.15, 0.2) is 0 Å². The summed E-state index contributed by atoms with van der Waals surface area (Å²) in [7, 11) is 0. The molecular weight excluding hydrogens is 242 g/mol. The lowest BCUT2D eigenvalue weighted by molar-refractivity contribution is -0.133. The van der Waals surface area contributed by atoms with E-state index in [1.54, 1.807) is 13.0 Å². The molecule has 2 rings (SSSR count). The van der Waals surface area contributed by atoms with Gasteiger partial charge >= 0.3 is 5.97 Å². The number of amides is 1. The Morgan fingerprint density at radius 3 is 2.82 bits per heavy atom. The van der Waals surface area contributed by atoms with E-state index in [2.05, 4.69) is 5.32 Å². The molecule has 1 aromatic heterocycles. The fourth-order valence-electron chi connectivity index (χ4n) is 1.72. The van der Waals surface area contributed by atoms with E-state index in [9.17, 15) is 9.59 Å². The van der Waals surface area contributed by atoms with Gasteiger partial charge in [-0.2, -0.15) is 0 Å². The third-order valence-electron chi connectivity index (χ3n) is 2.75. The van der Waals surface area contributed by atoms with Gasteiger partial charge in [0.1, 0.15) is 10.5 Å². The third kappa shape index (κ3) is 2.48. The van der Waals surface area contributed by atoms with Crippen LogP contribution in [0, 0.1) is 0 Å². The minimum Gasteiger partial charge on any atom is -0.477 e. The molecule has 0 aliphatic carbocycles. The first kappa shape index (κ1) is 12.1. The zero-order chi connectivity index (χ0) is 12.5. The molecule has 0 aromatic carbocycles. The van der Waals surface area contributed by atoms with E-state index in [1.165, 1.54) is 6.07 Å². The highest BCUT2D eigenvalue weighted by atomic mass is 32.1. The summed E-state index contributed by atoms with van der Waals surface area (Å²) < 4.78 is 5.40. The molecule has 2 N–H and O–H groups in total. The fraction of sp³-hybridized carbons (Fsp3) is 0.455. The van der Waals surface area contributed by atoms with Crippen LogP contribution in [0.2, 0.25) is 0 Å². The van der Waals surface area contributed by atoms with Crippen molar-refractivity contribution in [2.45, 2.75) is 25.4 Å². The Morgan fingerprint density at radius 1 is 1.53 bits per heavy atom. The van der Waals surface area contributed by atoms with E-state index in [4.69, 9.17) is 9.84 Å². The van der Waals surface area contributed by atoms with Crippen LogP contribution >= 0.6 is 11.3 Å². The zero-order valence-electron chi connectivity index (χ0n) is 9.36. The highest BCUT2D eigenvalue weighted by molar-refractivity contribution is 7.18. The van der Waals surface area contributed by atoms with Gasteiger partial charge in [0.25, 0.3) is 5.91 Å². The first-order chi connectivity index (χ1) is 8.01. The number of carbonyl (C=O) groups is 2. The van der Waals surface area contributed by atoms with Gasteiger partial charge in [-0.3, -0.25) is 4.79 Å². The second-order valence-electron chi connectivity index (χ2n) is 4.11. The van der Waals surface area contributed by atoms with E-state index < -0.39 is 11.6 Å². The van der Waals surface area contributed by atoms with Crippen molar-refractivity contribution >= 4 is 28.2 Å². The van der Waals surface area contributed by atoms with Gasteiger partial charge in [-0.1, -0.05) is 0 Å². The molecule has 0 spiro atoms. The zero-order valence-corrected chi connectivity index (χ0v) is 10.2. The number of hydrogen-bond acceptors (Lipinski definition) is 4. The maximum atomic E-state index is 11.9. The van der Waals surface area contributed by atoms with Crippen LogP contribution in [0.1, 0.15) is 29.4 Å². The van der Waals surface area contributed by atoms with Crippen LogP contribution < -0.4 is 5.32 Å². The van der Waals surface area contributed by atoms with Gasteiger partial charge < -0.3 is 15.2 Å². The molecule has 1 amide bonds. The molecule has 17 heavy (non-hydrogen) atoms. The van der Waals surface area contributed by atoms with Crippen LogP contribution in [0.4, 0.5) is 5.00 Å². The molecule has 1 aliphatic heterocycles. The second kappa shape index (κ2) is 4.46. The lowest BCUT2D eigenvalue weighted by Crippen LogP contribution is -2.39. The van der Waals surface area contributed by atoms with Gasteiger partial charge in [0, 0.05) is 6.61 Å². The van der Waals surface area contributed by atoms with Gasteiger partial charge in [0.05, 0.1) is 5.00 Å². The molecule has 1 saturated heterocycles. The number of carboxylic acid groups (broad SMARTS) is 1. The highest BCUT2D eigenvalue weighted by Gasteiger charge is 2.37. The van der Waals surface area contributed by atoms with Crippen LogP contribution in [0.5, 0.6) is 0 Å². The van der Waals surface area contributed by atoms with E-state index in [1.807, 2.05) is 0 Å². The van der Waals surface area contributed by atoms with Crippen molar-refractivity contribution in [2.75, 3.05) is 11.9 Å². The summed E-state index contributed by atoms with van der Waals surface area (Å²) in [4.78, 5) is 22.8. The fourth-order valence-corrected chi connectivity index (χ4v) is 2.46. The molecule has 0 saturated carbocycles. The number of carbonyl (C=O) groups excluding carboxylic acids is 1. The number of anilines is 1. The Bertz CT molecular complexity index is 448. The number of thiophene rings is 1. The van der Waals surface area contributed by atoms with E-state index in [0.29, 0.717) is 18.0 Å². The molecule has 6 heteroatoms. The van der Waals surface area contributed by atoms with Crippen molar-refractivity contribution in [3.05, 3.63) is 17.0 Å². The highest BCUT2D eigenvalue weighted by Crippen LogP contribution is 2.28. The Balaban J connectivity index is 2.05. The maximum Gasteiger partial charge on any atom is 0.345 e. The smallest absolute Gasteiger partial charge is 0.345 e. The van der Waals surface area contributed by atoms with Gasteiger partial charge in [0.2, 0.25) is 0 Å². The lowest BCUT2D eigenvalue weighted by Gasteiger charge is -2.21. The predicted molar refractivity (Wildman–Crippen MR) is 63.5 cm³/mol. The Morgan fingerprint density at radius 2 is 2.29 bits per heavy atom. The topological polar surface area (TPSA) is 75.6 Å². The van der Waals surface area contributed by atoms with Crippen LogP contribution in [0.15, 0.2) is 12.1 Å². The summed E-state index contributed by atoms with van der Waals surface area (Å²) in [5.41, 5.74) is -0.784. The number of aromatic carboxylic acids is 1. The molecule has 1 atom stereocenters. The Kier molecular flexibility index (Phi) is 3.17. The van der Waals surface area contributed by atoms with Crippen molar-refractivity contribution in [3.8, 4) is 0 Å². The van der Waals surface area contributed by atoms with E-state index in [-0.39, 0.29) is 10.8 Å². The van der Waals surface area contributed by atoms with Crippen LogP contribution in [0.3, 0.4) is 0 Å². The molecule has 1 aromatic rings. The molecular formula is C11H13NO4S. The predicted octanol–water partition coefficient (Wildman–Crippen LogP) is 1.95. The lowest BCUT2D eigenvalue weighted by atomic mass is 10.0. The van der Waals surface area contributed by atoms with Crippen LogP contribution in [-0.4, -0.2) is 29.2 Å². The summed E-state index contributed by atoms with van der Waals surface area (Å²) in [6.45, 7) is 2.34. The average Bonchev–Trinajstić information content (AvgIpc) is 2.88. The standard InChI is InChI=1S/C11H13NO4S/c1-11(5-2-6-16-11)10(15)12-8-4-3-7(17-8)9(13)14/h3-4H,2,5-6H2,1H3,(H,12,15)(H,13,14). The molecule has 92 valence electrons. The third-order valence-corrected chi connectivity index (χ3v) is 3.74. The van der Waals surface area contributed by atoms with Crippen molar-refractivity contribution in [1.82, 2.24) is 0 Å². The molecule has 0 radical (unpaired) electrons. The van der Waals surface area contributed by atoms with E-state index in [0.717, 1.165) is 17.8 Å². The number of hydrogen-bond donors (Lipinski definition) is 2. The van der Waals surface area contributed by atoms with Crippen molar-refractivity contribution in [2.24, 2.45) is 0 Å².